The van der Waals surface area contributed by atoms with Crippen LogP contribution in [0.4, 0.5) is 23.3 Å². The maximum atomic E-state index is 5.43. The Hall–Kier alpha value is -3.55. The Morgan fingerprint density at radius 3 is 2.54 bits per heavy atom. The van der Waals surface area contributed by atoms with Gasteiger partial charge >= 0.3 is 0 Å². The van der Waals surface area contributed by atoms with Gasteiger partial charge in [0.25, 0.3) is 0 Å². The van der Waals surface area contributed by atoms with Gasteiger partial charge in [-0.15, -0.1) is 0 Å². The minimum atomic E-state index is 0.265. The summed E-state index contributed by atoms with van der Waals surface area (Å²) in [5.41, 5.74) is 0.897. The topological polar surface area (TPSA) is 75.6 Å². The normalized spacial score (nSPS) is 15.6. The van der Waals surface area contributed by atoms with E-state index in [4.69, 9.17) is 9.47 Å². The largest absolute Gasteiger partial charge is 0.454 e. The molecule has 0 bridgehead atoms. The number of rotatable bonds is 4. The summed E-state index contributed by atoms with van der Waals surface area (Å²) in [6.07, 6.45) is 3.61. The van der Waals surface area contributed by atoms with E-state index >= 15 is 0 Å². The first kappa shape index (κ1) is 16.6. The minimum Gasteiger partial charge on any atom is -0.454 e. The number of benzene rings is 1. The zero-order chi connectivity index (χ0) is 18.8. The maximum Gasteiger partial charge on any atom is 0.231 e. The van der Waals surface area contributed by atoms with Crippen molar-refractivity contribution in [2.75, 3.05) is 48.1 Å². The van der Waals surface area contributed by atoms with E-state index in [1.807, 2.05) is 48.7 Å². The second-order valence-electron chi connectivity index (χ2n) is 6.60. The van der Waals surface area contributed by atoms with Crippen LogP contribution in [-0.2, 0) is 0 Å². The molecule has 2 aliphatic rings. The average molecular weight is 376 g/mol. The number of fused-ring (bicyclic) bond motifs is 1. The third-order valence-corrected chi connectivity index (χ3v) is 4.82. The summed E-state index contributed by atoms with van der Waals surface area (Å²) in [4.78, 5) is 18.1. The molecule has 5 rings (SSSR count). The molecule has 8 heteroatoms. The summed E-state index contributed by atoms with van der Waals surface area (Å²) in [7, 11) is 0. The van der Waals surface area contributed by atoms with Gasteiger partial charge in [-0.25, -0.2) is 9.97 Å². The number of piperazine rings is 1. The molecule has 0 unspecified atom stereocenters. The molecule has 1 saturated heterocycles. The molecule has 8 nitrogen and oxygen atoms in total. The molecule has 2 aromatic heterocycles. The monoisotopic (exact) mass is 376 g/mol. The molecular formula is C20H20N6O2. The Bertz CT molecular complexity index is 960. The third-order valence-electron chi connectivity index (χ3n) is 4.82. The van der Waals surface area contributed by atoms with E-state index in [0.717, 1.165) is 60.9 Å². The number of pyridine rings is 1. The zero-order valence-electron chi connectivity index (χ0n) is 15.3. The van der Waals surface area contributed by atoms with Crippen molar-refractivity contribution in [1.29, 1.82) is 0 Å². The lowest BCUT2D eigenvalue weighted by Gasteiger charge is -2.35. The van der Waals surface area contributed by atoms with Crippen molar-refractivity contribution < 1.29 is 9.47 Å². The molecule has 0 radical (unpaired) electrons. The number of aromatic nitrogens is 3. The molecule has 1 aromatic carbocycles. The van der Waals surface area contributed by atoms with Crippen molar-refractivity contribution in [2.24, 2.45) is 0 Å². The fourth-order valence-corrected chi connectivity index (χ4v) is 3.37. The molecular weight excluding hydrogens is 356 g/mol. The molecule has 0 spiro atoms. The van der Waals surface area contributed by atoms with Crippen LogP contribution in [0.15, 0.2) is 54.9 Å². The Labute approximate surface area is 162 Å². The lowest BCUT2D eigenvalue weighted by atomic mass is 10.3. The van der Waals surface area contributed by atoms with Crippen molar-refractivity contribution in [3.05, 3.63) is 54.9 Å². The summed E-state index contributed by atoms with van der Waals surface area (Å²) in [5, 5.41) is 3.31. The van der Waals surface area contributed by atoms with Crippen LogP contribution in [0.3, 0.4) is 0 Å². The van der Waals surface area contributed by atoms with Crippen LogP contribution in [0.1, 0.15) is 0 Å². The second-order valence-corrected chi connectivity index (χ2v) is 6.60. The molecule has 142 valence electrons. The van der Waals surface area contributed by atoms with Crippen LogP contribution >= 0.6 is 0 Å². The summed E-state index contributed by atoms with van der Waals surface area (Å²) < 4.78 is 10.8. The highest BCUT2D eigenvalue weighted by molar-refractivity contribution is 5.62. The quantitative estimate of drug-likeness (QED) is 0.745. The predicted molar refractivity (Wildman–Crippen MR) is 107 cm³/mol. The van der Waals surface area contributed by atoms with Gasteiger partial charge in [-0.1, -0.05) is 6.07 Å². The van der Waals surface area contributed by atoms with Crippen LogP contribution in [0.5, 0.6) is 11.5 Å². The van der Waals surface area contributed by atoms with Gasteiger partial charge in [-0.05, 0) is 30.3 Å². The predicted octanol–water partition coefficient (Wildman–Crippen LogP) is 2.67. The number of anilines is 4. The first-order valence-corrected chi connectivity index (χ1v) is 9.26. The van der Waals surface area contributed by atoms with Crippen LogP contribution in [0.2, 0.25) is 0 Å². The fraction of sp³-hybridized carbons (Fsp3) is 0.250. The maximum absolute atomic E-state index is 5.43. The van der Waals surface area contributed by atoms with Gasteiger partial charge in [-0.3, -0.25) is 0 Å². The van der Waals surface area contributed by atoms with E-state index in [1.54, 1.807) is 6.20 Å². The Kier molecular flexibility index (Phi) is 4.29. The first-order chi connectivity index (χ1) is 13.8. The second kappa shape index (κ2) is 7.22. The van der Waals surface area contributed by atoms with Gasteiger partial charge < -0.3 is 24.6 Å². The van der Waals surface area contributed by atoms with E-state index in [-0.39, 0.29) is 6.79 Å². The number of hydrogen-bond acceptors (Lipinski definition) is 8. The first-order valence-electron chi connectivity index (χ1n) is 9.26. The molecule has 4 heterocycles. The van der Waals surface area contributed by atoms with E-state index in [0.29, 0.717) is 0 Å². The van der Waals surface area contributed by atoms with Crippen LogP contribution < -0.4 is 24.6 Å². The standard InChI is InChI=1S/C20H20N6O2/c1-2-7-21-19(3-1)25-9-11-26(12-10-25)20-22-8-6-18(24-20)23-15-4-5-16-17(13-15)28-14-27-16/h1-8,13H,9-12,14H2,(H,22,23,24). The SMILES string of the molecule is c1ccc(N2CCN(c3nccc(Nc4ccc5c(c4)OCO5)n3)CC2)nc1. The van der Waals surface area contributed by atoms with Crippen LogP contribution in [0, 0.1) is 0 Å². The minimum absolute atomic E-state index is 0.265. The van der Waals surface area contributed by atoms with Gasteiger partial charge in [0.05, 0.1) is 0 Å². The van der Waals surface area contributed by atoms with Crippen LogP contribution in [0.25, 0.3) is 0 Å². The molecule has 0 atom stereocenters. The Morgan fingerprint density at radius 2 is 1.68 bits per heavy atom. The Morgan fingerprint density at radius 1 is 0.821 bits per heavy atom. The average Bonchev–Trinajstić information content (AvgIpc) is 3.23. The van der Waals surface area contributed by atoms with E-state index in [1.165, 1.54) is 0 Å². The molecule has 2 aliphatic heterocycles. The molecule has 1 fully saturated rings. The third kappa shape index (κ3) is 3.36. The summed E-state index contributed by atoms with van der Waals surface area (Å²) >= 11 is 0. The summed E-state index contributed by atoms with van der Waals surface area (Å²) in [6.45, 7) is 3.75. The number of nitrogens with one attached hydrogen (secondary N) is 1. The molecule has 0 amide bonds. The highest BCUT2D eigenvalue weighted by atomic mass is 16.7. The van der Waals surface area contributed by atoms with E-state index in [2.05, 4.69) is 30.1 Å². The summed E-state index contributed by atoms with van der Waals surface area (Å²) in [5.74, 6) is 3.99. The lowest BCUT2D eigenvalue weighted by Crippen LogP contribution is -2.47. The summed E-state index contributed by atoms with van der Waals surface area (Å²) in [6, 6.07) is 13.6. The van der Waals surface area contributed by atoms with Crippen molar-refractivity contribution in [3.8, 4) is 11.5 Å². The van der Waals surface area contributed by atoms with Crippen molar-refractivity contribution in [2.45, 2.75) is 0 Å². The van der Waals surface area contributed by atoms with E-state index < -0.39 is 0 Å². The highest BCUT2D eigenvalue weighted by Crippen LogP contribution is 2.35. The number of hydrogen-bond donors (Lipinski definition) is 1. The van der Waals surface area contributed by atoms with Gasteiger partial charge in [0, 0.05) is 50.3 Å². The van der Waals surface area contributed by atoms with Crippen molar-refractivity contribution in [3.63, 3.8) is 0 Å². The molecule has 28 heavy (non-hydrogen) atoms. The van der Waals surface area contributed by atoms with Gasteiger partial charge in [-0.2, -0.15) is 4.98 Å². The van der Waals surface area contributed by atoms with Crippen LogP contribution in [-0.4, -0.2) is 47.9 Å². The fourth-order valence-electron chi connectivity index (χ4n) is 3.37. The lowest BCUT2D eigenvalue weighted by molar-refractivity contribution is 0.174. The Balaban J connectivity index is 1.26. The zero-order valence-corrected chi connectivity index (χ0v) is 15.3. The molecule has 3 aromatic rings. The smallest absolute Gasteiger partial charge is 0.231 e. The molecule has 0 saturated carbocycles. The van der Waals surface area contributed by atoms with Crippen molar-refractivity contribution in [1.82, 2.24) is 15.0 Å². The molecule has 1 N–H and O–H groups in total. The van der Waals surface area contributed by atoms with E-state index in [9.17, 15) is 0 Å². The number of nitrogens with zero attached hydrogens (tertiary/aromatic N) is 5. The van der Waals surface area contributed by atoms with Gasteiger partial charge in [0.2, 0.25) is 12.7 Å². The van der Waals surface area contributed by atoms with Crippen molar-refractivity contribution >= 4 is 23.3 Å². The number of ether oxygens (including phenoxy) is 2. The molecule has 0 aliphatic carbocycles. The van der Waals surface area contributed by atoms with Gasteiger partial charge in [0.15, 0.2) is 11.5 Å². The van der Waals surface area contributed by atoms with Gasteiger partial charge in [0.1, 0.15) is 11.6 Å². The highest BCUT2D eigenvalue weighted by Gasteiger charge is 2.20.